The van der Waals surface area contributed by atoms with Crippen LogP contribution in [0.1, 0.15) is 75.8 Å². The first-order chi connectivity index (χ1) is 36.9. The van der Waals surface area contributed by atoms with Gasteiger partial charge in [-0.15, -0.1) is 0 Å². The van der Waals surface area contributed by atoms with Gasteiger partial charge in [0.25, 0.3) is 0 Å². The molecule has 1 aliphatic rings. The third-order valence-corrected chi connectivity index (χ3v) is 13.3. The molecule has 19 N–H and O–H groups in total. The van der Waals surface area contributed by atoms with Crippen LogP contribution in [0.15, 0.2) is 64.7 Å². The highest BCUT2D eigenvalue weighted by atomic mass is 32.2. The van der Waals surface area contributed by atoms with Crippen LogP contribution in [0.3, 0.4) is 0 Å². The molecule has 0 unspecified atom stereocenters. The Hall–Kier alpha value is -8.37. The molecule has 78 heavy (non-hydrogen) atoms. The summed E-state index contributed by atoms with van der Waals surface area (Å²) in [4.78, 5) is 135. The lowest BCUT2D eigenvalue weighted by molar-refractivity contribution is -0.136. The van der Waals surface area contributed by atoms with Gasteiger partial charge in [0.1, 0.15) is 57.9 Å². The SMILES string of the molecule is CC(=O)N[C@@H](CCCN=C(N)N)C(=O)N[C@H]1CCC(=O)NCCC[C@@H](C(N)=O)NC(=O)[C@H](Cc2c[nH]c3ccccc23)NC(=O)[C@H](CCCN=C(N)N)NC(=O)[C@@H](Cc2ccc(F)cc2)NC(=O)[C@H](CCS(C)(=O)=O)NC1=O. The van der Waals surface area contributed by atoms with Crippen molar-refractivity contribution in [2.45, 2.75) is 120 Å². The minimum atomic E-state index is -3.85. The van der Waals surface area contributed by atoms with E-state index in [1.54, 1.807) is 30.5 Å². The van der Waals surface area contributed by atoms with Gasteiger partial charge in [0.15, 0.2) is 11.9 Å². The Morgan fingerprint density at radius 2 is 1.31 bits per heavy atom. The van der Waals surface area contributed by atoms with Crippen molar-refractivity contribution in [3.63, 3.8) is 0 Å². The second-order valence-electron chi connectivity index (χ2n) is 18.8. The number of hydrogen-bond donors (Lipinski definition) is 14. The van der Waals surface area contributed by atoms with Gasteiger partial charge in [-0.25, -0.2) is 12.8 Å². The zero-order valence-corrected chi connectivity index (χ0v) is 44.2. The number of hydrogen-bond acceptors (Lipinski definition) is 13. The van der Waals surface area contributed by atoms with Crippen molar-refractivity contribution in [2.24, 2.45) is 38.7 Å². The standard InChI is InChI=1S/C49H71FN16O11S/c1-27(67)60-34(11-6-21-57-48(52)53)42(70)63-36-17-18-40(68)56-20-5-10-33(41(51)69)61-47(75)39(25-29-26-59-32-9-4-3-8-31(29)32)66-43(71)35(12-7-22-58-49(54)55)62-46(74)38(24-28-13-15-30(50)16-14-28)65-45(73)37(64-44(36)72)19-23-78(2,76)77/h3-4,8-9,13-16,26,33-39,59H,5-7,10-12,17-25H2,1-2H3,(H2,51,69)(H,56,68)(H,60,67)(H,61,75)(H,62,74)(H,63,70)(H,64,72)(H,65,73)(H,66,71)(H4,52,53,57)(H4,54,55,58)/t33-,34-,35-,36-,37-,38+,39-/m0/s1. The molecular formula is C49H71FN16O11S. The topological polar surface area (TPSA) is 455 Å². The number of carbonyl (C=O) groups is 9. The molecule has 1 aromatic heterocycles. The van der Waals surface area contributed by atoms with Crippen LogP contribution < -0.4 is 71.2 Å². The molecule has 1 aliphatic heterocycles. The van der Waals surface area contributed by atoms with E-state index in [4.69, 9.17) is 28.7 Å². The van der Waals surface area contributed by atoms with Gasteiger partial charge in [-0.05, 0) is 80.7 Å². The predicted molar refractivity (Wildman–Crippen MR) is 286 cm³/mol. The molecule has 0 aliphatic carbocycles. The van der Waals surface area contributed by atoms with Crippen molar-refractivity contribution >= 4 is 85.8 Å². The number of guanidine groups is 2. The zero-order valence-electron chi connectivity index (χ0n) is 43.4. The molecule has 4 rings (SSSR count). The van der Waals surface area contributed by atoms with Gasteiger partial charge in [-0.1, -0.05) is 30.3 Å². The molecule has 0 bridgehead atoms. The van der Waals surface area contributed by atoms with E-state index in [2.05, 4.69) is 57.5 Å². The number of sulfone groups is 1. The highest BCUT2D eigenvalue weighted by Crippen LogP contribution is 2.20. The lowest BCUT2D eigenvalue weighted by Crippen LogP contribution is -2.60. The molecule has 426 valence electrons. The van der Waals surface area contributed by atoms with Gasteiger partial charge in [0.2, 0.25) is 53.2 Å². The Bertz CT molecular complexity index is 2790. The molecule has 9 amide bonds. The number of aliphatic imine (C=N–C) groups is 2. The van der Waals surface area contributed by atoms with E-state index in [0.29, 0.717) is 22.0 Å². The second kappa shape index (κ2) is 30.4. The van der Waals surface area contributed by atoms with Crippen molar-refractivity contribution in [3.8, 4) is 0 Å². The van der Waals surface area contributed by atoms with Gasteiger partial charge >= 0.3 is 0 Å². The number of amides is 9. The van der Waals surface area contributed by atoms with E-state index < -0.39 is 136 Å². The summed E-state index contributed by atoms with van der Waals surface area (Å²) < 4.78 is 39.3. The Kier molecular flexibility index (Phi) is 24.2. The number of nitrogens with one attached hydrogen (secondary N) is 9. The Labute approximate surface area is 449 Å². The average molecular weight is 1110 g/mol. The summed E-state index contributed by atoms with van der Waals surface area (Å²) in [5.74, 6) is -9.82. The monoisotopic (exact) mass is 1110 g/mol. The molecule has 1 fully saturated rings. The minimum absolute atomic E-state index is 0.0196. The van der Waals surface area contributed by atoms with Crippen LogP contribution in [0.4, 0.5) is 4.39 Å². The molecule has 0 radical (unpaired) electrons. The summed E-state index contributed by atoms with van der Waals surface area (Å²) in [5, 5.41) is 21.3. The summed E-state index contributed by atoms with van der Waals surface area (Å²) in [6.45, 7) is 1.12. The van der Waals surface area contributed by atoms with Crippen LogP contribution >= 0.6 is 0 Å². The van der Waals surface area contributed by atoms with E-state index in [-0.39, 0.29) is 82.9 Å². The van der Waals surface area contributed by atoms with Gasteiger partial charge in [0.05, 0.1) is 5.75 Å². The van der Waals surface area contributed by atoms with Crippen LogP contribution in [0.5, 0.6) is 0 Å². The lowest BCUT2D eigenvalue weighted by atomic mass is 10.0. The number of rotatable bonds is 19. The molecule has 2 heterocycles. The first kappa shape index (κ1) is 62.2. The highest BCUT2D eigenvalue weighted by Gasteiger charge is 2.35. The van der Waals surface area contributed by atoms with Crippen LogP contribution in [0.2, 0.25) is 0 Å². The van der Waals surface area contributed by atoms with Gasteiger partial charge < -0.3 is 76.2 Å². The fraction of sp³-hybridized carbons (Fsp3) is 0.490. The molecule has 0 spiro atoms. The van der Waals surface area contributed by atoms with Gasteiger partial charge in [-0.3, -0.25) is 53.1 Å². The highest BCUT2D eigenvalue weighted by molar-refractivity contribution is 7.90. The third kappa shape index (κ3) is 21.7. The van der Waals surface area contributed by atoms with E-state index in [1.807, 2.05) is 0 Å². The number of aromatic amines is 1. The third-order valence-electron chi connectivity index (χ3n) is 12.3. The second-order valence-corrected chi connectivity index (χ2v) is 21.0. The molecule has 2 aromatic carbocycles. The van der Waals surface area contributed by atoms with E-state index >= 15 is 0 Å². The first-order valence-electron chi connectivity index (χ1n) is 25.1. The maximum atomic E-state index is 14.6. The molecule has 29 heteroatoms. The van der Waals surface area contributed by atoms with Crippen LogP contribution in [-0.4, -0.2) is 152 Å². The average Bonchev–Trinajstić information content (AvgIpc) is 3.79. The van der Waals surface area contributed by atoms with E-state index in [1.165, 1.54) is 12.1 Å². The number of nitrogens with two attached hydrogens (primary N) is 5. The Morgan fingerprint density at radius 3 is 1.94 bits per heavy atom. The number of benzene rings is 2. The number of carbonyl (C=O) groups excluding carboxylic acids is 9. The van der Waals surface area contributed by atoms with Crippen molar-refractivity contribution in [2.75, 3.05) is 31.6 Å². The molecule has 7 atom stereocenters. The number of nitrogens with zero attached hydrogens (tertiary/aromatic N) is 2. The fourth-order valence-corrected chi connectivity index (χ4v) is 8.94. The number of H-pyrrole nitrogens is 1. The minimum Gasteiger partial charge on any atom is -0.370 e. The number of fused-ring (bicyclic) bond motifs is 1. The maximum Gasteiger partial charge on any atom is 0.243 e. The Morgan fingerprint density at radius 1 is 0.731 bits per heavy atom. The van der Waals surface area contributed by atoms with Crippen molar-refractivity contribution in [1.82, 2.24) is 47.5 Å². The van der Waals surface area contributed by atoms with Crippen LogP contribution in [-0.2, 0) is 65.8 Å². The number of primary amides is 1. The summed E-state index contributed by atoms with van der Waals surface area (Å²) in [6, 6.07) is 1.48. The molecule has 0 saturated carbocycles. The molecule has 27 nitrogen and oxygen atoms in total. The predicted octanol–water partition coefficient (Wildman–Crippen LogP) is -3.78. The molecule has 3 aromatic rings. The maximum absolute atomic E-state index is 14.6. The quantitative estimate of drug-likeness (QED) is 0.0311. The lowest BCUT2D eigenvalue weighted by Gasteiger charge is -2.28. The van der Waals surface area contributed by atoms with E-state index in [0.717, 1.165) is 25.3 Å². The summed E-state index contributed by atoms with van der Waals surface area (Å²) in [6.07, 6.45) is 0.612. The van der Waals surface area contributed by atoms with Gasteiger partial charge in [0, 0.05) is 69.2 Å². The zero-order chi connectivity index (χ0) is 57.5. The fourth-order valence-electron chi connectivity index (χ4n) is 8.27. The van der Waals surface area contributed by atoms with Crippen molar-refractivity contribution in [1.29, 1.82) is 0 Å². The summed E-state index contributed by atoms with van der Waals surface area (Å²) in [5.41, 5.74) is 29.3. The smallest absolute Gasteiger partial charge is 0.243 e. The number of aromatic nitrogens is 1. The molecular weight excluding hydrogens is 1040 g/mol. The van der Waals surface area contributed by atoms with E-state index in [9.17, 15) is 56.0 Å². The normalized spacial score (nSPS) is 21.0. The molecule has 1 saturated heterocycles. The van der Waals surface area contributed by atoms with Crippen molar-refractivity contribution < 1.29 is 56.0 Å². The van der Waals surface area contributed by atoms with Crippen molar-refractivity contribution in [3.05, 3.63) is 71.7 Å². The summed E-state index contributed by atoms with van der Waals surface area (Å²) in [7, 11) is -3.85. The van der Waals surface area contributed by atoms with Gasteiger partial charge in [-0.2, -0.15) is 0 Å². The first-order valence-corrected chi connectivity index (χ1v) is 27.2. The summed E-state index contributed by atoms with van der Waals surface area (Å²) >= 11 is 0. The number of para-hydroxylation sites is 1. The largest absolute Gasteiger partial charge is 0.370 e. The van der Waals surface area contributed by atoms with Crippen LogP contribution in [0, 0.1) is 5.82 Å². The van der Waals surface area contributed by atoms with Crippen LogP contribution in [0.25, 0.3) is 10.9 Å². The number of halogens is 1. The Balaban J connectivity index is 1.82.